The van der Waals surface area contributed by atoms with Crippen molar-refractivity contribution in [2.24, 2.45) is 0 Å². The number of hydrogen-bond acceptors (Lipinski definition) is 4. The summed E-state index contributed by atoms with van der Waals surface area (Å²) < 4.78 is 1.41. The van der Waals surface area contributed by atoms with Crippen LogP contribution in [0.1, 0.15) is 164 Å². The lowest BCUT2D eigenvalue weighted by Gasteiger charge is -2.47. The second-order valence-electron chi connectivity index (χ2n) is 28.8. The Kier molecular flexibility index (Phi) is 12.4. The van der Waals surface area contributed by atoms with Crippen molar-refractivity contribution in [2.45, 2.75) is 155 Å². The van der Waals surface area contributed by atoms with E-state index >= 15 is 0 Å². The minimum Gasteiger partial charge on any atom is -0.311 e. The first-order valence-electron chi connectivity index (χ1n) is 31.7. The number of hydrogen-bond donors (Lipinski definition) is 0. The van der Waals surface area contributed by atoms with Crippen LogP contribution in [-0.2, 0) is 21.7 Å². The van der Waals surface area contributed by atoms with E-state index in [1.807, 2.05) is 11.3 Å². The Balaban J connectivity index is 1.06. The van der Waals surface area contributed by atoms with E-state index in [-0.39, 0.29) is 28.4 Å². The molecule has 5 heteroatoms. The Hall–Kier alpha value is -7.60. The van der Waals surface area contributed by atoms with Crippen LogP contribution >= 0.6 is 11.3 Å². The topological polar surface area (TPSA) is 9.72 Å². The highest BCUT2D eigenvalue weighted by atomic mass is 32.1. The molecular formula is C80H80BN3S. The monoisotopic (exact) mass is 1130 g/mol. The number of rotatable bonds is 7. The minimum absolute atomic E-state index is 0.000485. The van der Waals surface area contributed by atoms with Gasteiger partial charge in [0.05, 0.1) is 10.7 Å². The van der Waals surface area contributed by atoms with Gasteiger partial charge in [-0.2, -0.15) is 0 Å². The minimum atomic E-state index is -0.0179. The van der Waals surface area contributed by atoms with E-state index in [1.54, 1.807) is 11.1 Å². The number of benzene rings is 9. The van der Waals surface area contributed by atoms with Crippen molar-refractivity contribution < 1.29 is 0 Å². The molecule has 0 radical (unpaired) electrons. The molecule has 10 aromatic rings. The highest BCUT2D eigenvalue weighted by molar-refractivity contribution is 7.26. The lowest BCUT2D eigenvalue weighted by Crippen LogP contribution is -2.61. The fourth-order valence-corrected chi connectivity index (χ4v) is 17.5. The zero-order valence-corrected chi connectivity index (χ0v) is 52.9. The summed E-state index contributed by atoms with van der Waals surface area (Å²) >= 11 is 2.04. The highest BCUT2D eigenvalue weighted by Gasteiger charge is 2.49. The van der Waals surface area contributed by atoms with Crippen LogP contribution in [0.15, 0.2) is 182 Å². The van der Waals surface area contributed by atoms with Gasteiger partial charge in [0.1, 0.15) is 0 Å². The van der Waals surface area contributed by atoms with E-state index in [0.29, 0.717) is 11.8 Å². The molecule has 1 aromatic heterocycles. The van der Waals surface area contributed by atoms with E-state index in [2.05, 4.69) is 280 Å². The smallest absolute Gasteiger partial charge is 0.254 e. The van der Waals surface area contributed by atoms with E-state index in [1.165, 1.54) is 135 Å². The second kappa shape index (κ2) is 19.5. The van der Waals surface area contributed by atoms with Crippen LogP contribution < -0.4 is 31.1 Å². The van der Waals surface area contributed by atoms with Crippen LogP contribution in [0, 0.1) is 13.8 Å². The van der Waals surface area contributed by atoms with Crippen LogP contribution in [0.25, 0.3) is 32.3 Å². The van der Waals surface area contributed by atoms with E-state index in [0.717, 1.165) is 36.3 Å². The van der Waals surface area contributed by atoms with Crippen molar-refractivity contribution >= 4 is 95.0 Å². The molecule has 3 heterocycles. The van der Waals surface area contributed by atoms with Crippen LogP contribution in [0.4, 0.5) is 50.5 Å². The number of fused-ring (bicyclic) bond motifs is 9. The molecule has 2 atom stereocenters. The molecule has 0 bridgehead atoms. The molecule has 85 heavy (non-hydrogen) atoms. The first-order valence-corrected chi connectivity index (χ1v) is 32.5. The molecule has 424 valence electrons. The average Bonchev–Trinajstić information content (AvgIpc) is 1.69. The standard InChI is InChI=1S/C80H80BN3S/c1-49-28-29-50(2)62-46-72-63(45-61(49)62)73-76(85-72)83(60-34-35-64-65(44-60)78(7,8)37-36-77(64,5)6)70-42-56(54-30-32-59(33-31-54)82(57-24-18-14-19-25-57)58-26-20-15-21-27-58)43-71-74(70)81(73)68-47-66-67(80(11,12)39-38-79(66,9)10)48-69(68)84(71)75-51(3)40-55(41-52(75)4)53-22-16-13-17-23-53/h13-27,30-35,40-50H,28-29,36-39H2,1-12H3. The fourth-order valence-electron chi connectivity index (χ4n) is 16.2. The third kappa shape index (κ3) is 8.55. The number of aryl methyl sites for hydroxylation is 2. The van der Waals surface area contributed by atoms with Crippen molar-refractivity contribution in [1.82, 2.24) is 0 Å². The summed E-state index contributed by atoms with van der Waals surface area (Å²) in [5, 5.41) is 2.79. The van der Waals surface area contributed by atoms with Crippen molar-refractivity contribution in [3.8, 4) is 22.3 Å². The van der Waals surface area contributed by atoms with Gasteiger partial charge < -0.3 is 14.7 Å². The molecule has 0 amide bonds. The first-order chi connectivity index (χ1) is 40.8. The summed E-state index contributed by atoms with van der Waals surface area (Å²) in [6.45, 7) is 29.6. The van der Waals surface area contributed by atoms with Gasteiger partial charge in [0.2, 0.25) is 0 Å². The number of para-hydroxylation sites is 2. The highest BCUT2D eigenvalue weighted by Crippen LogP contribution is 2.56. The van der Waals surface area contributed by atoms with E-state index in [9.17, 15) is 0 Å². The zero-order chi connectivity index (χ0) is 58.6. The zero-order valence-electron chi connectivity index (χ0n) is 52.0. The normalized spacial score (nSPS) is 19.1. The molecule has 0 spiro atoms. The van der Waals surface area contributed by atoms with Gasteiger partial charge >= 0.3 is 0 Å². The molecule has 9 aromatic carbocycles. The van der Waals surface area contributed by atoms with Gasteiger partial charge in [0.25, 0.3) is 6.71 Å². The predicted molar refractivity (Wildman–Crippen MR) is 368 cm³/mol. The van der Waals surface area contributed by atoms with Gasteiger partial charge in [-0.3, -0.25) is 0 Å². The summed E-state index contributed by atoms with van der Waals surface area (Å²) in [4.78, 5) is 7.89. The molecule has 3 aliphatic carbocycles. The largest absolute Gasteiger partial charge is 0.311 e. The van der Waals surface area contributed by atoms with Gasteiger partial charge in [-0.25, -0.2) is 0 Å². The summed E-state index contributed by atoms with van der Waals surface area (Å²) in [5.41, 5.74) is 30.7. The quantitative estimate of drug-likeness (QED) is 0.147. The average molecular weight is 1130 g/mol. The maximum atomic E-state index is 2.76. The number of nitrogens with zero attached hydrogens (tertiary/aromatic N) is 3. The summed E-state index contributed by atoms with van der Waals surface area (Å²) in [6.07, 6.45) is 7.11. The van der Waals surface area contributed by atoms with Crippen LogP contribution in [0.5, 0.6) is 0 Å². The molecule has 3 nitrogen and oxygen atoms in total. The predicted octanol–water partition coefficient (Wildman–Crippen LogP) is 21.1. The van der Waals surface area contributed by atoms with E-state index in [4.69, 9.17) is 0 Å². The SMILES string of the molecule is Cc1cc(-c2ccccc2)cc(C)c1N1c2cc3c(cc2B2c4c(cc(-c5ccc(N(c6ccccc6)c6ccccc6)cc5)cc41)N(c1ccc4c(c1)C(C)(C)CCC4(C)C)c1sc4cc5c(cc4c12)C(C)CCC5C)C(C)(C)CCC3(C)C. The van der Waals surface area contributed by atoms with Gasteiger partial charge in [0.15, 0.2) is 0 Å². The number of anilines is 9. The molecule has 0 N–H and O–H groups in total. The fraction of sp³-hybridized carbons (Fsp3) is 0.300. The third-order valence-electron chi connectivity index (χ3n) is 21.4. The van der Waals surface area contributed by atoms with Gasteiger partial charge in [-0.05, 0) is 259 Å². The summed E-state index contributed by atoms with van der Waals surface area (Å²) in [6, 6.07) is 70.5. The van der Waals surface area contributed by atoms with Crippen LogP contribution in [0.3, 0.4) is 0 Å². The van der Waals surface area contributed by atoms with Gasteiger partial charge in [-0.1, -0.05) is 166 Å². The van der Waals surface area contributed by atoms with Crippen molar-refractivity contribution in [3.05, 3.63) is 226 Å². The van der Waals surface area contributed by atoms with Crippen molar-refractivity contribution in [1.29, 1.82) is 0 Å². The molecule has 0 fully saturated rings. The number of thiophene rings is 1. The maximum absolute atomic E-state index is 2.76. The molecule has 0 saturated carbocycles. The Morgan fingerprint density at radius 3 is 1.51 bits per heavy atom. The second-order valence-corrected chi connectivity index (χ2v) is 29.8. The van der Waals surface area contributed by atoms with Gasteiger partial charge in [0, 0.05) is 44.5 Å². The van der Waals surface area contributed by atoms with Crippen LogP contribution in [0.2, 0.25) is 0 Å². The summed E-state index contributed by atoms with van der Waals surface area (Å²) in [7, 11) is 0. The molecule has 0 saturated heterocycles. The Morgan fingerprint density at radius 2 is 0.918 bits per heavy atom. The van der Waals surface area contributed by atoms with Crippen molar-refractivity contribution in [2.75, 3.05) is 14.7 Å². The Bertz CT molecular complexity index is 4260. The lowest BCUT2D eigenvalue weighted by atomic mass is 9.33. The molecule has 5 aliphatic rings. The summed E-state index contributed by atoms with van der Waals surface area (Å²) in [5.74, 6) is 1.04. The van der Waals surface area contributed by atoms with E-state index < -0.39 is 0 Å². The molecule has 2 unspecified atom stereocenters. The van der Waals surface area contributed by atoms with Crippen molar-refractivity contribution in [3.63, 3.8) is 0 Å². The first kappa shape index (κ1) is 54.1. The van der Waals surface area contributed by atoms with Crippen LogP contribution in [-0.4, -0.2) is 6.71 Å². The van der Waals surface area contributed by atoms with Gasteiger partial charge in [-0.15, -0.1) is 11.3 Å². The molecule has 2 aliphatic heterocycles. The molecule has 15 rings (SSSR count). The maximum Gasteiger partial charge on any atom is 0.254 e. The Labute approximate surface area is 510 Å². The third-order valence-corrected chi connectivity index (χ3v) is 22.5. The Morgan fingerprint density at radius 1 is 0.435 bits per heavy atom. The molecular weight excluding hydrogens is 1050 g/mol. The lowest BCUT2D eigenvalue weighted by molar-refractivity contribution is 0.332.